The number of phenols is 2. The topological polar surface area (TPSA) is 107 Å². The number of Topliss-reactive ketones (excluding diaryl/α,β-unsaturated/α-hetero) is 1. The highest BCUT2D eigenvalue weighted by atomic mass is 19.1. The molecule has 1 heterocycles. The van der Waals surface area contributed by atoms with Crippen LogP contribution in [-0.2, 0) is 9.53 Å². The fourth-order valence-electron chi connectivity index (χ4n) is 5.77. The van der Waals surface area contributed by atoms with Crippen LogP contribution in [0.25, 0.3) is 0 Å². The van der Waals surface area contributed by atoms with E-state index in [1.54, 1.807) is 30.3 Å². The van der Waals surface area contributed by atoms with Crippen LogP contribution < -0.4 is 0 Å². The summed E-state index contributed by atoms with van der Waals surface area (Å²) in [6.45, 7) is 5.78. The standard InChI is InChI=1S/C35H34F2N2O6/c1-21(2)3-14-30(26-19-29(42)32-27(40)12-13-28(41)33(32)35(26)44)45-31(43)20-38-15-17-39(18-16-38)34(22-4-8-24(36)9-5-22)23-6-10-25(37)11-7-23/h3-13,19,30,34,40-41H,14-18,20H2,1-2H3. The van der Waals surface area contributed by atoms with Crippen molar-refractivity contribution in [2.75, 3.05) is 32.7 Å². The van der Waals surface area contributed by atoms with E-state index < -0.39 is 35.1 Å². The second-order valence-corrected chi connectivity index (χ2v) is 11.5. The first-order chi connectivity index (χ1) is 21.5. The molecule has 3 aromatic rings. The number of rotatable bonds is 9. The van der Waals surface area contributed by atoms with Gasteiger partial charge >= 0.3 is 5.97 Å². The molecular weight excluding hydrogens is 582 g/mol. The Kier molecular flexibility index (Phi) is 9.55. The van der Waals surface area contributed by atoms with Crippen LogP contribution in [0, 0.1) is 11.6 Å². The molecule has 1 unspecified atom stereocenters. The number of phenolic OH excluding ortho intramolecular Hbond substituents is 2. The van der Waals surface area contributed by atoms with Gasteiger partial charge in [0.25, 0.3) is 0 Å². The van der Waals surface area contributed by atoms with E-state index in [2.05, 4.69) is 4.90 Å². The number of ketones is 2. The zero-order chi connectivity index (χ0) is 32.2. The fourth-order valence-corrected chi connectivity index (χ4v) is 5.77. The first-order valence-corrected chi connectivity index (χ1v) is 14.7. The van der Waals surface area contributed by atoms with Gasteiger partial charge in [0, 0.05) is 38.2 Å². The van der Waals surface area contributed by atoms with E-state index in [1.807, 2.05) is 18.7 Å². The second-order valence-electron chi connectivity index (χ2n) is 11.5. The van der Waals surface area contributed by atoms with Crippen molar-refractivity contribution in [3.63, 3.8) is 0 Å². The number of hydrogen-bond donors (Lipinski definition) is 2. The molecule has 0 aromatic heterocycles. The molecule has 2 aliphatic rings. The molecule has 1 fully saturated rings. The molecule has 8 nitrogen and oxygen atoms in total. The van der Waals surface area contributed by atoms with Crippen LogP contribution in [0.3, 0.4) is 0 Å². The number of piperazine rings is 1. The number of benzene rings is 3. The van der Waals surface area contributed by atoms with Crippen LogP contribution in [-0.4, -0.2) is 76.4 Å². The number of allylic oxidation sites excluding steroid dienone is 2. The van der Waals surface area contributed by atoms with Gasteiger partial charge in [-0.2, -0.15) is 0 Å². The molecule has 234 valence electrons. The highest BCUT2D eigenvalue weighted by Gasteiger charge is 2.36. The molecular formula is C35H34F2N2O6. The molecule has 0 amide bonds. The van der Waals surface area contributed by atoms with Crippen LogP contribution >= 0.6 is 0 Å². The summed E-state index contributed by atoms with van der Waals surface area (Å²) in [4.78, 5) is 43.6. The Morgan fingerprint density at radius 2 is 1.38 bits per heavy atom. The van der Waals surface area contributed by atoms with Gasteiger partial charge in [-0.15, -0.1) is 0 Å². The SMILES string of the molecule is CC(C)=CCC(OC(=O)CN1CCN(C(c2ccc(F)cc2)c2ccc(F)cc2)CC1)C1=CC(=O)c2c(O)ccc(O)c2C1=O. The minimum Gasteiger partial charge on any atom is -0.507 e. The third-order valence-corrected chi connectivity index (χ3v) is 8.04. The van der Waals surface area contributed by atoms with E-state index in [0.717, 1.165) is 34.9 Å². The van der Waals surface area contributed by atoms with Crippen LogP contribution in [0.15, 0.2) is 84.0 Å². The fraction of sp³-hybridized carbons (Fsp3) is 0.286. The normalized spacial score (nSPS) is 16.2. The van der Waals surface area contributed by atoms with E-state index in [4.69, 9.17) is 4.74 Å². The molecule has 0 bridgehead atoms. The number of ether oxygens (including phenoxy) is 1. The lowest BCUT2D eigenvalue weighted by atomic mass is 9.85. The lowest BCUT2D eigenvalue weighted by Crippen LogP contribution is -2.49. The van der Waals surface area contributed by atoms with Crippen molar-refractivity contribution in [2.45, 2.75) is 32.4 Å². The summed E-state index contributed by atoms with van der Waals surface area (Å²) in [6, 6.07) is 14.5. The monoisotopic (exact) mass is 616 g/mol. The predicted molar refractivity (Wildman–Crippen MR) is 163 cm³/mol. The molecule has 10 heteroatoms. The lowest BCUT2D eigenvalue weighted by Gasteiger charge is -2.39. The van der Waals surface area contributed by atoms with Crippen molar-refractivity contribution < 1.29 is 38.1 Å². The van der Waals surface area contributed by atoms with Crippen LogP contribution in [0.2, 0.25) is 0 Å². The lowest BCUT2D eigenvalue weighted by molar-refractivity contribution is -0.148. The quantitative estimate of drug-likeness (QED) is 0.188. The third-order valence-electron chi connectivity index (χ3n) is 8.04. The molecule has 45 heavy (non-hydrogen) atoms. The summed E-state index contributed by atoms with van der Waals surface area (Å²) in [5, 5.41) is 20.5. The molecule has 0 saturated carbocycles. The van der Waals surface area contributed by atoms with Crippen molar-refractivity contribution in [1.82, 2.24) is 9.80 Å². The Labute approximate surface area is 259 Å². The van der Waals surface area contributed by atoms with Gasteiger partial charge in [0.05, 0.1) is 23.7 Å². The average molecular weight is 617 g/mol. The van der Waals surface area contributed by atoms with Crippen molar-refractivity contribution >= 4 is 17.5 Å². The summed E-state index contributed by atoms with van der Waals surface area (Å²) in [6.07, 6.45) is 1.91. The number of carbonyl (C=O) groups is 3. The Bertz CT molecular complexity index is 1610. The number of carbonyl (C=O) groups excluding carboxylic acids is 3. The zero-order valence-corrected chi connectivity index (χ0v) is 25.0. The van der Waals surface area contributed by atoms with Gasteiger partial charge in [-0.25, -0.2) is 8.78 Å². The zero-order valence-electron chi connectivity index (χ0n) is 25.0. The Morgan fingerprint density at radius 1 is 0.844 bits per heavy atom. The molecule has 1 aliphatic carbocycles. The maximum atomic E-state index is 13.7. The first kappa shape index (κ1) is 31.7. The summed E-state index contributed by atoms with van der Waals surface area (Å²) in [7, 11) is 0. The molecule has 2 N–H and O–H groups in total. The molecule has 0 radical (unpaired) electrons. The Balaban J connectivity index is 1.28. The molecule has 5 rings (SSSR count). The molecule has 3 aromatic carbocycles. The third kappa shape index (κ3) is 7.19. The Morgan fingerprint density at radius 3 is 1.91 bits per heavy atom. The summed E-state index contributed by atoms with van der Waals surface area (Å²) in [5.74, 6) is -3.52. The minimum absolute atomic E-state index is 0.0605. The van der Waals surface area contributed by atoms with Crippen molar-refractivity contribution in [3.05, 3.63) is 118 Å². The van der Waals surface area contributed by atoms with Gasteiger partial charge in [0.2, 0.25) is 0 Å². The van der Waals surface area contributed by atoms with Gasteiger partial charge in [-0.1, -0.05) is 35.9 Å². The average Bonchev–Trinajstić information content (AvgIpc) is 3.01. The molecule has 0 spiro atoms. The smallest absolute Gasteiger partial charge is 0.320 e. The largest absolute Gasteiger partial charge is 0.507 e. The molecule has 1 saturated heterocycles. The summed E-state index contributed by atoms with van der Waals surface area (Å²) in [5.41, 5.74) is 1.96. The molecule has 1 aliphatic heterocycles. The Hall–Kier alpha value is -4.67. The van der Waals surface area contributed by atoms with E-state index in [1.165, 1.54) is 24.3 Å². The van der Waals surface area contributed by atoms with Crippen molar-refractivity contribution in [3.8, 4) is 11.5 Å². The minimum atomic E-state index is -1.08. The number of fused-ring (bicyclic) bond motifs is 1. The maximum Gasteiger partial charge on any atom is 0.320 e. The summed E-state index contributed by atoms with van der Waals surface area (Å²) >= 11 is 0. The highest BCUT2D eigenvalue weighted by molar-refractivity contribution is 6.27. The van der Waals surface area contributed by atoms with E-state index >= 15 is 0 Å². The number of nitrogens with zero attached hydrogens (tertiary/aromatic N) is 2. The van der Waals surface area contributed by atoms with Gasteiger partial charge in [0.1, 0.15) is 29.2 Å². The second kappa shape index (κ2) is 13.5. The molecule has 1 atom stereocenters. The maximum absolute atomic E-state index is 13.7. The number of hydrogen-bond acceptors (Lipinski definition) is 8. The predicted octanol–water partition coefficient (Wildman–Crippen LogP) is 5.36. The summed E-state index contributed by atoms with van der Waals surface area (Å²) < 4.78 is 33.1. The van der Waals surface area contributed by atoms with E-state index in [0.29, 0.717) is 26.2 Å². The van der Waals surface area contributed by atoms with Crippen molar-refractivity contribution in [2.24, 2.45) is 0 Å². The first-order valence-electron chi connectivity index (χ1n) is 14.7. The van der Waals surface area contributed by atoms with Crippen molar-refractivity contribution in [1.29, 1.82) is 0 Å². The van der Waals surface area contributed by atoms with Gasteiger partial charge in [-0.3, -0.25) is 24.2 Å². The van der Waals surface area contributed by atoms with Gasteiger partial charge < -0.3 is 14.9 Å². The van der Waals surface area contributed by atoms with Crippen LogP contribution in [0.4, 0.5) is 8.78 Å². The van der Waals surface area contributed by atoms with E-state index in [9.17, 15) is 33.4 Å². The van der Waals surface area contributed by atoms with Gasteiger partial charge in [-0.05, 0) is 67.4 Å². The number of aromatic hydroxyl groups is 2. The van der Waals surface area contributed by atoms with Crippen LogP contribution in [0.1, 0.15) is 58.2 Å². The van der Waals surface area contributed by atoms with Crippen LogP contribution in [0.5, 0.6) is 11.5 Å². The highest BCUT2D eigenvalue weighted by Crippen LogP contribution is 2.36. The van der Waals surface area contributed by atoms with E-state index in [-0.39, 0.29) is 47.3 Å². The van der Waals surface area contributed by atoms with Gasteiger partial charge in [0.15, 0.2) is 11.6 Å². The number of esters is 1. The number of halogens is 2.